The van der Waals surface area contributed by atoms with Crippen molar-refractivity contribution in [3.63, 3.8) is 0 Å². The maximum absolute atomic E-state index is 14.4. The van der Waals surface area contributed by atoms with Crippen molar-refractivity contribution in [3.05, 3.63) is 51.0 Å². The molecule has 4 atom stereocenters. The van der Waals surface area contributed by atoms with Gasteiger partial charge in [-0.15, -0.1) is 0 Å². The number of aliphatic hydroxyl groups excluding tert-OH is 2. The molecular weight excluding hydrogens is 548 g/mol. The lowest BCUT2D eigenvalue weighted by molar-refractivity contribution is -0.171. The van der Waals surface area contributed by atoms with E-state index in [9.17, 15) is 39.6 Å². The number of phenols is 1. The van der Waals surface area contributed by atoms with Crippen LogP contribution in [0, 0.1) is 28.6 Å². The number of hydrogen-bond donors (Lipinski definition) is 4. The van der Waals surface area contributed by atoms with Crippen LogP contribution in [0.5, 0.6) is 5.75 Å². The van der Waals surface area contributed by atoms with Crippen LogP contribution in [0.4, 0.5) is 0 Å². The van der Waals surface area contributed by atoms with Crippen LogP contribution in [0.3, 0.4) is 0 Å². The minimum absolute atomic E-state index is 0.0297. The van der Waals surface area contributed by atoms with E-state index in [1.54, 1.807) is 33.8 Å². The molecule has 43 heavy (non-hydrogen) atoms. The second-order valence-corrected chi connectivity index (χ2v) is 14.6. The zero-order valence-electron chi connectivity index (χ0n) is 26.8. The van der Waals surface area contributed by atoms with Gasteiger partial charge < -0.3 is 20.4 Å². The van der Waals surface area contributed by atoms with E-state index in [4.69, 9.17) is 0 Å². The molecule has 0 aliphatic heterocycles. The highest BCUT2D eigenvalue weighted by molar-refractivity contribution is 6.25. The van der Waals surface area contributed by atoms with E-state index >= 15 is 0 Å². The fraction of sp³-hybridized carbons (Fsp3) is 0.600. The number of Topliss-reactive ketones (excluding diaryl/α,β-unsaturated/α-hetero) is 4. The Kier molecular flexibility index (Phi) is 8.14. The molecule has 0 amide bonds. The highest BCUT2D eigenvalue weighted by Crippen LogP contribution is 2.65. The van der Waals surface area contributed by atoms with Gasteiger partial charge in [0.05, 0.1) is 5.56 Å². The number of carbonyl (C=O) groups excluding carboxylic acids is 4. The van der Waals surface area contributed by atoms with Gasteiger partial charge in [-0.3, -0.25) is 19.2 Å². The molecule has 0 aromatic heterocycles. The van der Waals surface area contributed by atoms with Crippen molar-refractivity contribution < 1.29 is 39.6 Å². The van der Waals surface area contributed by atoms with E-state index in [2.05, 4.69) is 0 Å². The molecule has 0 fully saturated rings. The molecule has 0 spiro atoms. The van der Waals surface area contributed by atoms with Crippen LogP contribution in [-0.2, 0) is 27.2 Å². The summed E-state index contributed by atoms with van der Waals surface area (Å²) in [6.07, 6.45) is 1.24. The van der Waals surface area contributed by atoms with Gasteiger partial charge in [-0.25, -0.2) is 0 Å². The lowest BCUT2D eigenvalue weighted by Gasteiger charge is -2.59. The fourth-order valence-corrected chi connectivity index (χ4v) is 8.29. The van der Waals surface area contributed by atoms with Gasteiger partial charge in [0.2, 0.25) is 5.78 Å². The minimum Gasteiger partial charge on any atom is -0.511 e. The zero-order chi connectivity index (χ0) is 32.6. The summed E-state index contributed by atoms with van der Waals surface area (Å²) in [5.74, 6) is -5.19. The quantitative estimate of drug-likeness (QED) is 0.267. The van der Waals surface area contributed by atoms with Crippen LogP contribution in [-0.4, -0.2) is 49.2 Å². The number of carbonyl (C=O) groups is 4. The SMILES string of the molecule is CC(=O)C1=C(O)C(C(C)C)[C@@]2(C)C[C@@]3(C)Cc4c(C(C)C)cc(CC(=O)CCC(C)C)c(O)c4C(=O)C3=C(O)[C@@]2(O)C1=O. The standard InChI is InChI=1S/C35H46O8/c1-16(2)10-11-21(37)12-20-13-22(17(3)4)23-14-33(8)15-34(9)26(18(5)6)29(39)24(19(7)36)31(41)35(34,43)32(42)27(33)30(40)25(23)28(20)38/h13,16-18,26,38-39,42-43H,10-12,14-15H2,1-9H3/t26?,33-,34-,35+/m1/s1. The van der Waals surface area contributed by atoms with Crippen LogP contribution in [0.2, 0.25) is 0 Å². The Morgan fingerprint density at radius 3 is 2.14 bits per heavy atom. The van der Waals surface area contributed by atoms with Crippen molar-refractivity contribution in [1.82, 2.24) is 0 Å². The van der Waals surface area contributed by atoms with Crippen LogP contribution in [0.25, 0.3) is 0 Å². The highest BCUT2D eigenvalue weighted by Gasteiger charge is 2.71. The minimum atomic E-state index is -2.65. The summed E-state index contributed by atoms with van der Waals surface area (Å²) in [6, 6.07) is 1.80. The molecule has 0 heterocycles. The molecule has 1 aromatic carbocycles. The summed E-state index contributed by atoms with van der Waals surface area (Å²) < 4.78 is 0. The first-order chi connectivity index (χ1) is 19.7. The molecule has 0 radical (unpaired) electrons. The van der Waals surface area contributed by atoms with Gasteiger partial charge >= 0.3 is 0 Å². The van der Waals surface area contributed by atoms with Gasteiger partial charge in [-0.1, -0.05) is 61.5 Å². The molecule has 3 aliphatic carbocycles. The summed E-state index contributed by atoms with van der Waals surface area (Å²) in [5, 5.41) is 46.9. The summed E-state index contributed by atoms with van der Waals surface area (Å²) in [7, 11) is 0. The number of phenolic OH excluding ortho intramolecular Hbond substituents is 1. The molecule has 234 valence electrons. The number of fused-ring (bicyclic) bond motifs is 3. The zero-order valence-corrected chi connectivity index (χ0v) is 26.8. The van der Waals surface area contributed by atoms with E-state index in [0.717, 1.165) is 12.5 Å². The van der Waals surface area contributed by atoms with Crippen molar-refractivity contribution in [2.75, 3.05) is 0 Å². The molecule has 0 saturated carbocycles. The second-order valence-electron chi connectivity index (χ2n) is 14.6. The van der Waals surface area contributed by atoms with Gasteiger partial charge in [0.1, 0.15) is 28.6 Å². The number of aromatic hydroxyl groups is 1. The Hall–Kier alpha value is -3.26. The van der Waals surface area contributed by atoms with Gasteiger partial charge in [-0.2, -0.15) is 0 Å². The maximum Gasteiger partial charge on any atom is 0.209 e. The van der Waals surface area contributed by atoms with Crippen LogP contribution >= 0.6 is 0 Å². The lowest BCUT2D eigenvalue weighted by atomic mass is 9.44. The first-order valence-corrected chi connectivity index (χ1v) is 15.3. The Morgan fingerprint density at radius 2 is 1.63 bits per heavy atom. The van der Waals surface area contributed by atoms with E-state index in [1.807, 2.05) is 27.7 Å². The van der Waals surface area contributed by atoms with E-state index in [0.29, 0.717) is 29.9 Å². The molecule has 3 aliphatic rings. The molecule has 4 rings (SSSR count). The number of ketones is 4. The lowest BCUT2D eigenvalue weighted by Crippen LogP contribution is -2.67. The highest BCUT2D eigenvalue weighted by atomic mass is 16.3. The average Bonchev–Trinajstić information content (AvgIpc) is 2.85. The van der Waals surface area contributed by atoms with Crippen LogP contribution in [0.1, 0.15) is 115 Å². The first-order valence-electron chi connectivity index (χ1n) is 15.3. The number of benzene rings is 1. The Morgan fingerprint density at radius 1 is 1.02 bits per heavy atom. The summed E-state index contributed by atoms with van der Waals surface area (Å²) in [4.78, 5) is 53.7. The van der Waals surface area contributed by atoms with Crippen LogP contribution < -0.4 is 0 Å². The molecule has 8 nitrogen and oxygen atoms in total. The molecular formula is C35H46O8. The molecule has 1 aromatic rings. The third-order valence-corrected chi connectivity index (χ3v) is 10.1. The fourth-order valence-electron chi connectivity index (χ4n) is 8.29. The van der Waals surface area contributed by atoms with E-state index < -0.39 is 56.8 Å². The second kappa shape index (κ2) is 10.7. The van der Waals surface area contributed by atoms with Crippen molar-refractivity contribution in [3.8, 4) is 5.75 Å². The Balaban J connectivity index is 1.98. The number of hydrogen-bond acceptors (Lipinski definition) is 8. The third kappa shape index (κ3) is 4.68. The van der Waals surface area contributed by atoms with Gasteiger partial charge in [-0.05, 0) is 55.1 Å². The Labute approximate surface area is 253 Å². The average molecular weight is 595 g/mol. The summed E-state index contributed by atoms with van der Waals surface area (Å²) in [6.45, 7) is 16.1. The molecule has 8 heteroatoms. The van der Waals surface area contributed by atoms with Crippen molar-refractivity contribution in [1.29, 1.82) is 0 Å². The first kappa shape index (κ1) is 32.6. The maximum atomic E-state index is 14.4. The van der Waals surface area contributed by atoms with E-state index in [-0.39, 0.29) is 53.8 Å². The Bertz CT molecular complexity index is 1490. The van der Waals surface area contributed by atoms with Crippen molar-refractivity contribution >= 4 is 23.1 Å². The largest absolute Gasteiger partial charge is 0.511 e. The van der Waals surface area contributed by atoms with Crippen LogP contribution in [0.15, 0.2) is 28.7 Å². The van der Waals surface area contributed by atoms with Gasteiger partial charge in [0.15, 0.2) is 17.2 Å². The molecule has 0 saturated heterocycles. The monoisotopic (exact) mass is 594 g/mol. The van der Waals surface area contributed by atoms with Crippen molar-refractivity contribution in [2.45, 2.75) is 106 Å². The number of allylic oxidation sites excluding steroid dienone is 2. The van der Waals surface area contributed by atoms with E-state index in [1.165, 1.54) is 0 Å². The number of rotatable bonds is 8. The number of aliphatic hydroxyl groups is 3. The predicted molar refractivity (Wildman–Crippen MR) is 162 cm³/mol. The predicted octanol–water partition coefficient (Wildman–Crippen LogP) is 6.02. The van der Waals surface area contributed by atoms with Crippen molar-refractivity contribution in [2.24, 2.45) is 28.6 Å². The topological polar surface area (TPSA) is 149 Å². The molecule has 1 unspecified atom stereocenters. The molecule has 0 bridgehead atoms. The smallest absolute Gasteiger partial charge is 0.209 e. The molecule has 4 N–H and O–H groups in total. The van der Waals surface area contributed by atoms with Gasteiger partial charge in [0, 0.05) is 40.7 Å². The summed E-state index contributed by atoms with van der Waals surface area (Å²) >= 11 is 0. The normalized spacial score (nSPS) is 28.9. The third-order valence-electron chi connectivity index (χ3n) is 10.1. The summed E-state index contributed by atoms with van der Waals surface area (Å²) in [5.41, 5.74) is -4.26. The van der Waals surface area contributed by atoms with Gasteiger partial charge in [0.25, 0.3) is 0 Å².